The smallest absolute Gasteiger partial charge is 0.243 e. The molecule has 1 N–H and O–H groups in total. The van der Waals surface area contributed by atoms with E-state index in [4.69, 9.17) is 0 Å². The Morgan fingerprint density at radius 3 is 2.60 bits per heavy atom. The van der Waals surface area contributed by atoms with Gasteiger partial charge in [-0.3, -0.25) is 0 Å². The molecule has 4 nitrogen and oxygen atoms in total. The van der Waals surface area contributed by atoms with Gasteiger partial charge in [0.15, 0.2) is 0 Å². The highest BCUT2D eigenvalue weighted by atomic mass is 32.2. The first-order chi connectivity index (χ1) is 9.39. The van der Waals surface area contributed by atoms with Crippen molar-refractivity contribution in [2.45, 2.75) is 31.2 Å². The predicted octanol–water partition coefficient (Wildman–Crippen LogP) is 1.83. The number of piperazine rings is 1. The van der Waals surface area contributed by atoms with Crippen LogP contribution < -0.4 is 5.32 Å². The van der Waals surface area contributed by atoms with Crippen LogP contribution in [0, 0.1) is 11.7 Å². The second-order valence-corrected chi connectivity index (χ2v) is 7.54. The van der Waals surface area contributed by atoms with Crippen LogP contribution in [0.25, 0.3) is 0 Å². The lowest BCUT2D eigenvalue weighted by Crippen LogP contribution is -2.52. The Bertz CT molecular complexity index is 543. The first-order valence-electron chi connectivity index (χ1n) is 6.88. The third-order valence-corrected chi connectivity index (χ3v) is 5.30. The zero-order valence-electron chi connectivity index (χ0n) is 11.8. The molecule has 1 unspecified atom stereocenters. The molecule has 0 radical (unpaired) electrons. The fourth-order valence-corrected chi connectivity index (χ4v) is 3.98. The van der Waals surface area contributed by atoms with Gasteiger partial charge in [0.1, 0.15) is 5.82 Å². The van der Waals surface area contributed by atoms with E-state index in [2.05, 4.69) is 19.2 Å². The highest BCUT2D eigenvalue weighted by Crippen LogP contribution is 2.19. The fourth-order valence-electron chi connectivity index (χ4n) is 2.50. The van der Waals surface area contributed by atoms with Crippen LogP contribution in [0.2, 0.25) is 0 Å². The lowest BCUT2D eigenvalue weighted by Gasteiger charge is -2.33. The standard InChI is InChI=1S/C14H21FN2O2S/c1-11(2)9-13-10-17(8-7-16-13)20(18,19)14-5-3-12(15)4-6-14/h3-6,11,13,16H,7-10H2,1-2H3. The molecular formula is C14H21FN2O2S. The summed E-state index contributed by atoms with van der Waals surface area (Å²) >= 11 is 0. The zero-order valence-corrected chi connectivity index (χ0v) is 12.7. The summed E-state index contributed by atoms with van der Waals surface area (Å²) in [6.45, 7) is 5.81. The van der Waals surface area contributed by atoms with Gasteiger partial charge in [0.25, 0.3) is 0 Å². The van der Waals surface area contributed by atoms with Crippen molar-refractivity contribution in [1.29, 1.82) is 0 Å². The Hall–Kier alpha value is -0.980. The van der Waals surface area contributed by atoms with E-state index < -0.39 is 15.8 Å². The van der Waals surface area contributed by atoms with Gasteiger partial charge < -0.3 is 5.32 Å². The molecule has 1 aromatic rings. The molecule has 1 aromatic carbocycles. The van der Waals surface area contributed by atoms with Gasteiger partial charge in [-0.1, -0.05) is 13.8 Å². The average molecular weight is 300 g/mol. The normalized spacial score (nSPS) is 21.3. The van der Waals surface area contributed by atoms with Crippen LogP contribution in [-0.4, -0.2) is 38.4 Å². The summed E-state index contributed by atoms with van der Waals surface area (Å²) in [6.07, 6.45) is 0.940. The van der Waals surface area contributed by atoms with Gasteiger partial charge in [-0.05, 0) is 36.6 Å². The minimum atomic E-state index is -3.52. The molecule has 1 atom stereocenters. The molecule has 20 heavy (non-hydrogen) atoms. The lowest BCUT2D eigenvalue weighted by atomic mass is 10.0. The summed E-state index contributed by atoms with van der Waals surface area (Å²) in [5, 5.41) is 3.35. The summed E-state index contributed by atoms with van der Waals surface area (Å²) in [5.41, 5.74) is 0. The van der Waals surface area contributed by atoms with Crippen molar-refractivity contribution in [3.05, 3.63) is 30.1 Å². The van der Waals surface area contributed by atoms with Gasteiger partial charge >= 0.3 is 0 Å². The number of hydrogen-bond acceptors (Lipinski definition) is 3. The molecular weight excluding hydrogens is 279 g/mol. The Balaban J connectivity index is 2.14. The lowest BCUT2D eigenvalue weighted by molar-refractivity contribution is 0.272. The first kappa shape index (κ1) is 15.4. The van der Waals surface area contributed by atoms with Gasteiger partial charge in [0.05, 0.1) is 4.90 Å². The third kappa shape index (κ3) is 3.56. The van der Waals surface area contributed by atoms with Gasteiger partial charge in [-0.25, -0.2) is 12.8 Å². The largest absolute Gasteiger partial charge is 0.311 e. The summed E-state index contributed by atoms with van der Waals surface area (Å²) in [6, 6.07) is 5.19. The molecule has 1 saturated heterocycles. The zero-order chi connectivity index (χ0) is 14.8. The second-order valence-electron chi connectivity index (χ2n) is 5.60. The summed E-state index contributed by atoms with van der Waals surface area (Å²) in [4.78, 5) is 0.157. The molecule has 0 bridgehead atoms. The monoisotopic (exact) mass is 300 g/mol. The molecule has 1 heterocycles. The van der Waals surface area contributed by atoms with Crippen molar-refractivity contribution in [3.8, 4) is 0 Å². The van der Waals surface area contributed by atoms with Crippen LogP contribution in [0.1, 0.15) is 20.3 Å². The molecule has 0 aliphatic carbocycles. The Kier molecular flexibility index (Phi) is 4.78. The topological polar surface area (TPSA) is 49.4 Å². The van der Waals surface area contributed by atoms with Gasteiger partial charge in [-0.15, -0.1) is 0 Å². The van der Waals surface area contributed by atoms with Crippen LogP contribution in [0.5, 0.6) is 0 Å². The van der Waals surface area contributed by atoms with E-state index in [0.717, 1.165) is 6.42 Å². The molecule has 0 amide bonds. The van der Waals surface area contributed by atoms with Crippen LogP contribution >= 0.6 is 0 Å². The van der Waals surface area contributed by atoms with Crippen molar-refractivity contribution in [2.24, 2.45) is 5.92 Å². The van der Waals surface area contributed by atoms with E-state index >= 15 is 0 Å². The molecule has 0 spiro atoms. The number of hydrogen-bond donors (Lipinski definition) is 1. The fraction of sp³-hybridized carbons (Fsp3) is 0.571. The molecule has 1 fully saturated rings. The summed E-state index contributed by atoms with van der Waals surface area (Å²) in [7, 11) is -3.52. The van der Waals surface area contributed by atoms with E-state index in [9.17, 15) is 12.8 Å². The van der Waals surface area contributed by atoms with Gasteiger partial charge in [0.2, 0.25) is 10.0 Å². The minimum absolute atomic E-state index is 0.157. The number of benzene rings is 1. The maximum absolute atomic E-state index is 12.9. The molecule has 2 rings (SSSR count). The van der Waals surface area contributed by atoms with Crippen LogP contribution in [-0.2, 0) is 10.0 Å². The van der Waals surface area contributed by atoms with Crippen LogP contribution in [0.3, 0.4) is 0 Å². The van der Waals surface area contributed by atoms with E-state index in [1.54, 1.807) is 0 Å². The molecule has 112 valence electrons. The highest BCUT2D eigenvalue weighted by Gasteiger charge is 2.30. The Morgan fingerprint density at radius 1 is 1.35 bits per heavy atom. The van der Waals surface area contributed by atoms with E-state index in [-0.39, 0.29) is 10.9 Å². The van der Waals surface area contributed by atoms with E-state index in [0.29, 0.717) is 25.6 Å². The van der Waals surface area contributed by atoms with E-state index in [1.165, 1.54) is 28.6 Å². The van der Waals surface area contributed by atoms with Crippen LogP contribution in [0.4, 0.5) is 4.39 Å². The Labute approximate surface area is 120 Å². The van der Waals surface area contributed by atoms with Crippen molar-refractivity contribution in [3.63, 3.8) is 0 Å². The maximum Gasteiger partial charge on any atom is 0.243 e. The number of rotatable bonds is 4. The summed E-state index contributed by atoms with van der Waals surface area (Å²) < 4.78 is 39.4. The molecule has 0 saturated carbocycles. The molecule has 0 aromatic heterocycles. The van der Waals surface area contributed by atoms with Crippen molar-refractivity contribution < 1.29 is 12.8 Å². The number of halogens is 1. The Morgan fingerprint density at radius 2 is 2.00 bits per heavy atom. The number of nitrogens with zero attached hydrogens (tertiary/aromatic N) is 1. The average Bonchev–Trinajstić information content (AvgIpc) is 2.39. The molecule has 1 aliphatic rings. The molecule has 6 heteroatoms. The maximum atomic E-state index is 12.9. The van der Waals surface area contributed by atoms with Gasteiger partial charge in [-0.2, -0.15) is 4.31 Å². The minimum Gasteiger partial charge on any atom is -0.311 e. The summed E-state index contributed by atoms with van der Waals surface area (Å²) in [5.74, 6) is 0.0860. The quantitative estimate of drug-likeness (QED) is 0.923. The van der Waals surface area contributed by atoms with Crippen molar-refractivity contribution >= 4 is 10.0 Å². The number of sulfonamides is 1. The second kappa shape index (κ2) is 6.20. The van der Waals surface area contributed by atoms with Crippen LogP contribution in [0.15, 0.2) is 29.2 Å². The SMILES string of the molecule is CC(C)CC1CN(S(=O)(=O)c2ccc(F)cc2)CCN1. The highest BCUT2D eigenvalue weighted by molar-refractivity contribution is 7.89. The first-order valence-corrected chi connectivity index (χ1v) is 8.32. The third-order valence-electron chi connectivity index (χ3n) is 3.43. The predicted molar refractivity (Wildman–Crippen MR) is 76.4 cm³/mol. The van der Waals surface area contributed by atoms with E-state index in [1.807, 2.05) is 0 Å². The molecule has 1 aliphatic heterocycles. The number of nitrogens with one attached hydrogen (secondary N) is 1. The van der Waals surface area contributed by atoms with Crippen molar-refractivity contribution in [1.82, 2.24) is 9.62 Å². The van der Waals surface area contributed by atoms with Gasteiger partial charge in [0, 0.05) is 25.7 Å². The van der Waals surface area contributed by atoms with Crippen molar-refractivity contribution in [2.75, 3.05) is 19.6 Å².